The summed E-state index contributed by atoms with van der Waals surface area (Å²) in [6.07, 6.45) is 0. The summed E-state index contributed by atoms with van der Waals surface area (Å²) in [6.45, 7) is 1.89. The molecule has 2 aromatic rings. The first-order chi connectivity index (χ1) is 10.0. The van der Waals surface area contributed by atoms with Crippen LogP contribution in [-0.4, -0.2) is 24.2 Å². The molecule has 0 aliphatic heterocycles. The molecule has 2 rings (SSSR count). The molecule has 0 unspecified atom stereocenters. The van der Waals surface area contributed by atoms with Crippen LogP contribution in [-0.2, 0) is 0 Å². The number of methoxy groups -OCH3 is 1. The van der Waals surface area contributed by atoms with Crippen molar-refractivity contribution in [2.75, 3.05) is 17.7 Å². The molecule has 3 N–H and O–H groups in total. The van der Waals surface area contributed by atoms with Crippen molar-refractivity contribution in [2.45, 2.75) is 6.92 Å². The standard InChI is InChI=1S/C14H14N2O4S/c1-8-3-4-11(20-2)10(7-8)15-14(19)16-12-9(13(17)18)5-6-21-12/h3-7H,1-2H3,(H,17,18)(H2,15,16,19). The molecule has 21 heavy (non-hydrogen) atoms. The van der Waals surface area contributed by atoms with Crippen molar-refractivity contribution < 1.29 is 19.4 Å². The van der Waals surface area contributed by atoms with Crippen LogP contribution in [0.1, 0.15) is 15.9 Å². The summed E-state index contributed by atoms with van der Waals surface area (Å²) in [4.78, 5) is 23.0. The Hall–Kier alpha value is -2.54. The van der Waals surface area contributed by atoms with Crippen molar-refractivity contribution in [1.82, 2.24) is 0 Å². The largest absolute Gasteiger partial charge is 0.495 e. The number of anilines is 2. The Morgan fingerprint density at radius 1 is 1.24 bits per heavy atom. The van der Waals surface area contributed by atoms with E-state index >= 15 is 0 Å². The van der Waals surface area contributed by atoms with Crippen LogP contribution in [0.5, 0.6) is 5.75 Å². The van der Waals surface area contributed by atoms with Crippen molar-refractivity contribution >= 4 is 34.0 Å². The van der Waals surface area contributed by atoms with Crippen LogP contribution in [0.25, 0.3) is 0 Å². The lowest BCUT2D eigenvalue weighted by Gasteiger charge is -2.11. The summed E-state index contributed by atoms with van der Waals surface area (Å²) < 4.78 is 5.16. The minimum Gasteiger partial charge on any atom is -0.495 e. The number of rotatable bonds is 4. The molecular weight excluding hydrogens is 292 g/mol. The lowest BCUT2D eigenvalue weighted by Crippen LogP contribution is -2.20. The van der Waals surface area contributed by atoms with Crippen LogP contribution in [0.3, 0.4) is 0 Å². The summed E-state index contributed by atoms with van der Waals surface area (Å²) in [5, 5.41) is 16.0. The molecule has 0 atom stereocenters. The van der Waals surface area contributed by atoms with Crippen LogP contribution >= 0.6 is 11.3 Å². The van der Waals surface area contributed by atoms with Gasteiger partial charge in [-0.3, -0.25) is 5.32 Å². The second kappa shape index (κ2) is 6.27. The first kappa shape index (κ1) is 14.9. The lowest BCUT2D eigenvalue weighted by molar-refractivity contribution is 0.0698. The van der Waals surface area contributed by atoms with E-state index in [0.29, 0.717) is 11.4 Å². The van der Waals surface area contributed by atoms with Gasteiger partial charge in [0.2, 0.25) is 0 Å². The van der Waals surface area contributed by atoms with Gasteiger partial charge in [-0.25, -0.2) is 9.59 Å². The predicted molar refractivity (Wildman–Crippen MR) is 81.7 cm³/mol. The van der Waals surface area contributed by atoms with Gasteiger partial charge in [0.15, 0.2) is 0 Å². The van der Waals surface area contributed by atoms with E-state index in [9.17, 15) is 9.59 Å². The molecule has 1 aromatic heterocycles. The summed E-state index contributed by atoms with van der Waals surface area (Å²) in [6, 6.07) is 6.30. The Morgan fingerprint density at radius 2 is 2.00 bits per heavy atom. The summed E-state index contributed by atoms with van der Waals surface area (Å²) in [5.74, 6) is -0.555. The highest BCUT2D eigenvalue weighted by molar-refractivity contribution is 7.14. The maximum absolute atomic E-state index is 12.0. The van der Waals surface area contributed by atoms with Crippen molar-refractivity contribution in [2.24, 2.45) is 0 Å². The molecule has 0 saturated heterocycles. The van der Waals surface area contributed by atoms with E-state index in [1.54, 1.807) is 17.5 Å². The molecule has 2 amide bonds. The number of benzene rings is 1. The number of carbonyl (C=O) groups is 2. The van der Waals surface area contributed by atoms with E-state index in [2.05, 4.69) is 10.6 Å². The zero-order valence-corrected chi connectivity index (χ0v) is 12.3. The first-order valence-electron chi connectivity index (χ1n) is 6.04. The average Bonchev–Trinajstić information content (AvgIpc) is 2.87. The zero-order valence-electron chi connectivity index (χ0n) is 11.5. The van der Waals surface area contributed by atoms with Gasteiger partial charge in [-0.2, -0.15) is 0 Å². The quantitative estimate of drug-likeness (QED) is 0.807. The van der Waals surface area contributed by atoms with Crippen LogP contribution in [0.4, 0.5) is 15.5 Å². The van der Waals surface area contributed by atoms with E-state index in [1.165, 1.54) is 13.2 Å². The van der Waals surface area contributed by atoms with Gasteiger partial charge in [-0.15, -0.1) is 11.3 Å². The third-order valence-electron chi connectivity index (χ3n) is 2.73. The fourth-order valence-corrected chi connectivity index (χ4v) is 2.52. The molecular formula is C14H14N2O4S. The third kappa shape index (κ3) is 3.51. The number of nitrogens with one attached hydrogen (secondary N) is 2. The van der Waals surface area contributed by atoms with Crippen molar-refractivity contribution in [1.29, 1.82) is 0 Å². The highest BCUT2D eigenvalue weighted by atomic mass is 32.1. The Morgan fingerprint density at radius 3 is 2.67 bits per heavy atom. The number of aromatic carboxylic acids is 1. The van der Waals surface area contributed by atoms with Crippen LogP contribution < -0.4 is 15.4 Å². The minimum atomic E-state index is -1.08. The average molecular weight is 306 g/mol. The van der Waals surface area contributed by atoms with E-state index in [-0.39, 0.29) is 10.6 Å². The Balaban J connectivity index is 2.13. The fourth-order valence-electron chi connectivity index (χ4n) is 1.75. The molecule has 0 fully saturated rings. The highest BCUT2D eigenvalue weighted by Crippen LogP contribution is 2.27. The zero-order chi connectivity index (χ0) is 15.4. The highest BCUT2D eigenvalue weighted by Gasteiger charge is 2.14. The number of carbonyl (C=O) groups excluding carboxylic acids is 1. The van der Waals surface area contributed by atoms with Crippen LogP contribution in [0, 0.1) is 6.92 Å². The first-order valence-corrected chi connectivity index (χ1v) is 6.92. The Bertz CT molecular complexity index is 681. The molecule has 0 radical (unpaired) electrons. The fraction of sp³-hybridized carbons (Fsp3) is 0.143. The molecule has 1 aromatic carbocycles. The normalized spacial score (nSPS) is 10.0. The molecule has 0 bridgehead atoms. The van der Waals surface area contributed by atoms with Gasteiger partial charge in [0, 0.05) is 0 Å². The molecule has 110 valence electrons. The SMILES string of the molecule is COc1ccc(C)cc1NC(=O)Nc1sccc1C(=O)O. The molecule has 0 saturated carbocycles. The number of hydrogen-bond donors (Lipinski definition) is 3. The smallest absolute Gasteiger partial charge is 0.338 e. The van der Waals surface area contributed by atoms with Gasteiger partial charge >= 0.3 is 12.0 Å². The molecule has 0 aliphatic rings. The summed E-state index contributed by atoms with van der Waals surface area (Å²) in [5.41, 5.74) is 1.54. The maximum Gasteiger partial charge on any atom is 0.338 e. The van der Waals surface area contributed by atoms with E-state index in [4.69, 9.17) is 9.84 Å². The Labute approximate surface area is 125 Å². The molecule has 0 spiro atoms. The third-order valence-corrected chi connectivity index (χ3v) is 3.56. The molecule has 1 heterocycles. The van der Waals surface area contributed by atoms with Crippen LogP contribution in [0.15, 0.2) is 29.6 Å². The number of thiophene rings is 1. The number of carboxylic acids is 1. The van der Waals surface area contributed by atoms with Crippen LogP contribution in [0.2, 0.25) is 0 Å². The summed E-state index contributed by atoms with van der Waals surface area (Å²) in [7, 11) is 1.51. The Kier molecular flexibility index (Phi) is 4.44. The minimum absolute atomic E-state index is 0.0614. The molecule has 6 nitrogen and oxygen atoms in total. The van der Waals surface area contributed by atoms with Crippen molar-refractivity contribution in [3.8, 4) is 5.75 Å². The predicted octanol–water partition coefficient (Wildman–Crippen LogP) is 3.41. The van der Waals surface area contributed by atoms with Gasteiger partial charge < -0.3 is 15.2 Å². The molecule has 0 aliphatic carbocycles. The number of carboxylic acid groups (broad SMARTS) is 1. The van der Waals surface area contributed by atoms with Gasteiger partial charge in [-0.05, 0) is 36.1 Å². The topological polar surface area (TPSA) is 87.7 Å². The second-order valence-corrected chi connectivity index (χ2v) is 5.17. The van der Waals surface area contributed by atoms with E-state index < -0.39 is 12.0 Å². The van der Waals surface area contributed by atoms with Gasteiger partial charge in [0.1, 0.15) is 10.8 Å². The summed E-state index contributed by atoms with van der Waals surface area (Å²) >= 11 is 1.15. The lowest BCUT2D eigenvalue weighted by atomic mass is 10.2. The molecule has 7 heteroatoms. The van der Waals surface area contributed by atoms with Crippen molar-refractivity contribution in [3.05, 3.63) is 40.8 Å². The van der Waals surface area contributed by atoms with E-state index in [0.717, 1.165) is 16.9 Å². The monoisotopic (exact) mass is 306 g/mol. The number of urea groups is 1. The van der Waals surface area contributed by atoms with Gasteiger partial charge in [0.05, 0.1) is 18.4 Å². The van der Waals surface area contributed by atoms with E-state index in [1.807, 2.05) is 13.0 Å². The number of aryl methyl sites for hydroxylation is 1. The second-order valence-electron chi connectivity index (χ2n) is 4.25. The number of ether oxygens (including phenoxy) is 1. The number of amides is 2. The number of hydrogen-bond acceptors (Lipinski definition) is 4. The van der Waals surface area contributed by atoms with Gasteiger partial charge in [-0.1, -0.05) is 6.07 Å². The van der Waals surface area contributed by atoms with Gasteiger partial charge in [0.25, 0.3) is 0 Å². The maximum atomic E-state index is 12.0. The van der Waals surface area contributed by atoms with Crippen molar-refractivity contribution in [3.63, 3.8) is 0 Å².